The fraction of sp³-hybridized carbons (Fsp3) is 0.538. The molecule has 0 aliphatic heterocycles. The predicted molar refractivity (Wildman–Crippen MR) is 81.8 cm³/mol. The lowest BCUT2D eigenvalue weighted by atomic mass is 10.2. The van der Waals surface area contributed by atoms with Crippen molar-refractivity contribution in [3.05, 3.63) is 22.8 Å². The molecule has 1 amide bonds. The Bertz CT molecular complexity index is 450. The van der Waals surface area contributed by atoms with E-state index in [1.165, 1.54) is 6.07 Å². The lowest BCUT2D eigenvalue weighted by molar-refractivity contribution is 0.0930. The Morgan fingerprint density at radius 3 is 2.65 bits per heavy atom. The van der Waals surface area contributed by atoms with Crippen LogP contribution in [0.1, 0.15) is 31.1 Å². The van der Waals surface area contributed by atoms with Gasteiger partial charge in [-0.3, -0.25) is 4.79 Å². The fourth-order valence-electron chi connectivity index (χ4n) is 1.92. The first kappa shape index (κ1) is 16.7. The molecular formula is C13H22ClN5O. The van der Waals surface area contributed by atoms with E-state index in [1.54, 1.807) is 6.07 Å². The molecule has 1 rings (SSSR count). The average Bonchev–Trinajstić information content (AvgIpc) is 2.43. The van der Waals surface area contributed by atoms with E-state index in [1.807, 2.05) is 6.92 Å². The number of carbonyl (C=O) groups is 1. The third-order valence-electron chi connectivity index (χ3n) is 3.01. The van der Waals surface area contributed by atoms with Crippen molar-refractivity contribution < 1.29 is 4.79 Å². The van der Waals surface area contributed by atoms with Gasteiger partial charge in [0, 0.05) is 18.2 Å². The van der Waals surface area contributed by atoms with Gasteiger partial charge in [-0.25, -0.2) is 10.8 Å². The van der Waals surface area contributed by atoms with Crippen LogP contribution in [0.4, 0.5) is 5.82 Å². The smallest absolute Gasteiger partial charge is 0.251 e. The highest BCUT2D eigenvalue weighted by atomic mass is 35.5. The number of aromatic nitrogens is 1. The van der Waals surface area contributed by atoms with Crippen molar-refractivity contribution >= 4 is 23.3 Å². The van der Waals surface area contributed by atoms with Crippen molar-refractivity contribution in [3.8, 4) is 0 Å². The number of pyridine rings is 1. The van der Waals surface area contributed by atoms with Crippen LogP contribution in [0.2, 0.25) is 5.15 Å². The van der Waals surface area contributed by atoms with Gasteiger partial charge in [-0.2, -0.15) is 0 Å². The van der Waals surface area contributed by atoms with Crippen molar-refractivity contribution in [2.24, 2.45) is 5.84 Å². The van der Waals surface area contributed by atoms with E-state index in [0.29, 0.717) is 11.4 Å². The maximum Gasteiger partial charge on any atom is 0.251 e. The van der Waals surface area contributed by atoms with Gasteiger partial charge in [0.1, 0.15) is 11.0 Å². The summed E-state index contributed by atoms with van der Waals surface area (Å²) in [5, 5.41) is 3.16. The highest BCUT2D eigenvalue weighted by Gasteiger charge is 2.13. The van der Waals surface area contributed by atoms with Crippen LogP contribution in [-0.2, 0) is 0 Å². The van der Waals surface area contributed by atoms with Crippen molar-refractivity contribution in [1.82, 2.24) is 15.2 Å². The van der Waals surface area contributed by atoms with Crippen LogP contribution < -0.4 is 16.6 Å². The topological polar surface area (TPSA) is 83.3 Å². The van der Waals surface area contributed by atoms with Gasteiger partial charge >= 0.3 is 0 Å². The van der Waals surface area contributed by atoms with E-state index >= 15 is 0 Å². The van der Waals surface area contributed by atoms with Crippen LogP contribution >= 0.6 is 11.6 Å². The van der Waals surface area contributed by atoms with Gasteiger partial charge in [0.15, 0.2) is 0 Å². The largest absolute Gasteiger partial charge is 0.348 e. The summed E-state index contributed by atoms with van der Waals surface area (Å²) in [6.07, 6.45) is 0. The molecule has 0 saturated heterocycles. The molecule has 1 aromatic rings. The minimum Gasteiger partial charge on any atom is -0.348 e. The highest BCUT2D eigenvalue weighted by molar-refractivity contribution is 6.29. The van der Waals surface area contributed by atoms with Gasteiger partial charge in [-0.15, -0.1) is 0 Å². The molecule has 1 atom stereocenters. The summed E-state index contributed by atoms with van der Waals surface area (Å²) < 4.78 is 0. The SMILES string of the molecule is CCN(CC)CC(C)NC(=O)c1cc(Cl)nc(NN)c1. The minimum atomic E-state index is -0.189. The number of nitrogen functional groups attached to an aromatic ring is 1. The molecule has 112 valence electrons. The third-order valence-corrected chi connectivity index (χ3v) is 3.20. The maximum atomic E-state index is 12.1. The van der Waals surface area contributed by atoms with Gasteiger partial charge in [0.2, 0.25) is 0 Å². The van der Waals surface area contributed by atoms with Crippen molar-refractivity contribution in [2.45, 2.75) is 26.8 Å². The van der Waals surface area contributed by atoms with E-state index < -0.39 is 0 Å². The van der Waals surface area contributed by atoms with Gasteiger partial charge in [-0.1, -0.05) is 25.4 Å². The first-order valence-electron chi connectivity index (χ1n) is 6.67. The van der Waals surface area contributed by atoms with Crippen LogP contribution in [-0.4, -0.2) is 41.5 Å². The van der Waals surface area contributed by atoms with Crippen LogP contribution in [0.5, 0.6) is 0 Å². The summed E-state index contributed by atoms with van der Waals surface area (Å²) >= 11 is 5.84. The molecule has 1 aromatic heterocycles. The lowest BCUT2D eigenvalue weighted by Crippen LogP contribution is -2.42. The summed E-state index contributed by atoms with van der Waals surface area (Å²) in [6.45, 7) is 8.89. The summed E-state index contributed by atoms with van der Waals surface area (Å²) in [5.74, 6) is 5.45. The molecule has 1 unspecified atom stereocenters. The molecule has 0 saturated carbocycles. The van der Waals surface area contributed by atoms with Crippen molar-refractivity contribution in [3.63, 3.8) is 0 Å². The molecule has 7 heteroatoms. The Kier molecular flexibility index (Phi) is 6.70. The number of hydrazine groups is 1. The minimum absolute atomic E-state index is 0.0450. The summed E-state index contributed by atoms with van der Waals surface area (Å²) in [4.78, 5) is 18.3. The standard InChI is InChI=1S/C13H22ClN5O/c1-4-19(5-2)8-9(3)16-13(20)10-6-11(14)17-12(7-10)18-15/h6-7,9H,4-5,8,15H2,1-3H3,(H,16,20)(H,17,18). The van der Waals surface area contributed by atoms with E-state index in [4.69, 9.17) is 17.4 Å². The summed E-state index contributed by atoms with van der Waals surface area (Å²) in [5.41, 5.74) is 2.82. The molecule has 1 heterocycles. The van der Waals surface area contributed by atoms with E-state index in [2.05, 4.69) is 34.5 Å². The molecule has 0 aromatic carbocycles. The number of nitrogens with two attached hydrogens (primary N) is 1. The second-order valence-corrected chi connectivity index (χ2v) is 4.96. The first-order chi connectivity index (χ1) is 9.49. The van der Waals surface area contributed by atoms with Gasteiger partial charge in [0.05, 0.1) is 0 Å². The molecule has 0 spiro atoms. The molecule has 0 radical (unpaired) electrons. The molecule has 4 N–H and O–H groups in total. The number of anilines is 1. The zero-order valence-corrected chi connectivity index (χ0v) is 12.9. The number of amides is 1. The van der Waals surface area contributed by atoms with Gasteiger partial charge in [-0.05, 0) is 32.1 Å². The van der Waals surface area contributed by atoms with Crippen LogP contribution in [0, 0.1) is 0 Å². The zero-order chi connectivity index (χ0) is 15.1. The second-order valence-electron chi connectivity index (χ2n) is 4.57. The van der Waals surface area contributed by atoms with Crippen molar-refractivity contribution in [1.29, 1.82) is 0 Å². The molecule has 20 heavy (non-hydrogen) atoms. The Hall–Kier alpha value is -1.37. The number of nitrogens with zero attached hydrogens (tertiary/aromatic N) is 2. The Balaban J connectivity index is 2.68. The fourth-order valence-corrected chi connectivity index (χ4v) is 2.13. The quantitative estimate of drug-likeness (QED) is 0.403. The van der Waals surface area contributed by atoms with Crippen LogP contribution in [0.3, 0.4) is 0 Å². The normalized spacial score (nSPS) is 12.3. The molecule has 0 aliphatic rings. The number of halogens is 1. The Morgan fingerprint density at radius 1 is 1.45 bits per heavy atom. The van der Waals surface area contributed by atoms with E-state index in [9.17, 15) is 4.79 Å². The number of hydrogen-bond acceptors (Lipinski definition) is 5. The lowest BCUT2D eigenvalue weighted by Gasteiger charge is -2.23. The first-order valence-corrected chi connectivity index (χ1v) is 7.05. The predicted octanol–water partition coefficient (Wildman–Crippen LogP) is 1.48. The van der Waals surface area contributed by atoms with Gasteiger partial charge < -0.3 is 15.6 Å². The number of likely N-dealkylation sites (N-methyl/N-ethyl adjacent to an activating group) is 1. The monoisotopic (exact) mass is 299 g/mol. The van der Waals surface area contributed by atoms with Crippen molar-refractivity contribution in [2.75, 3.05) is 25.1 Å². The van der Waals surface area contributed by atoms with Gasteiger partial charge in [0.25, 0.3) is 5.91 Å². The molecule has 6 nitrogen and oxygen atoms in total. The summed E-state index contributed by atoms with van der Waals surface area (Å²) in [7, 11) is 0. The molecular weight excluding hydrogens is 278 g/mol. The number of hydrogen-bond donors (Lipinski definition) is 3. The van der Waals surface area contributed by atoms with Crippen LogP contribution in [0.25, 0.3) is 0 Å². The number of nitrogens with one attached hydrogen (secondary N) is 2. The third kappa shape index (κ3) is 4.96. The number of carbonyl (C=O) groups excluding carboxylic acids is 1. The Morgan fingerprint density at radius 2 is 2.10 bits per heavy atom. The maximum absolute atomic E-state index is 12.1. The average molecular weight is 300 g/mol. The molecule has 0 aliphatic carbocycles. The second kappa shape index (κ2) is 8.04. The Labute approximate surface area is 124 Å². The highest BCUT2D eigenvalue weighted by Crippen LogP contribution is 2.13. The van der Waals surface area contributed by atoms with E-state index in [-0.39, 0.29) is 17.1 Å². The molecule has 0 fully saturated rings. The summed E-state index contributed by atoms with van der Waals surface area (Å²) in [6, 6.07) is 3.12. The zero-order valence-electron chi connectivity index (χ0n) is 12.1. The van der Waals surface area contributed by atoms with E-state index in [0.717, 1.165) is 19.6 Å². The number of rotatable bonds is 7. The van der Waals surface area contributed by atoms with Crippen LogP contribution in [0.15, 0.2) is 12.1 Å². The molecule has 0 bridgehead atoms.